The first-order valence-corrected chi connectivity index (χ1v) is 9.30. The summed E-state index contributed by atoms with van der Waals surface area (Å²) in [5.74, 6) is 0.0822. The molecule has 0 radical (unpaired) electrons. The van der Waals surface area contributed by atoms with Gasteiger partial charge in [0.25, 0.3) is 0 Å². The van der Waals surface area contributed by atoms with Crippen molar-refractivity contribution in [3.63, 3.8) is 0 Å². The summed E-state index contributed by atoms with van der Waals surface area (Å²) in [7, 11) is 1.56. The van der Waals surface area contributed by atoms with Crippen LogP contribution in [0.4, 0.5) is 0 Å². The molecule has 1 heterocycles. The van der Waals surface area contributed by atoms with E-state index in [1.165, 1.54) is 4.68 Å². The van der Waals surface area contributed by atoms with Crippen molar-refractivity contribution in [3.8, 4) is 28.6 Å². The van der Waals surface area contributed by atoms with Gasteiger partial charge in [-0.15, -0.1) is 0 Å². The zero-order valence-electron chi connectivity index (χ0n) is 16.4. The lowest BCUT2D eigenvalue weighted by Gasteiger charge is -2.11. The summed E-state index contributed by atoms with van der Waals surface area (Å²) in [6, 6.07) is 17.7. The van der Waals surface area contributed by atoms with Crippen LogP contribution in [0.3, 0.4) is 0 Å². The summed E-state index contributed by atoms with van der Waals surface area (Å²) in [6.45, 7) is 1.90. The molecular formula is C23H17N3O4. The predicted octanol–water partition coefficient (Wildman–Crippen LogP) is 3.55. The third-order valence-electron chi connectivity index (χ3n) is 4.81. The van der Waals surface area contributed by atoms with Gasteiger partial charge < -0.3 is 9.47 Å². The first kappa shape index (κ1) is 19.2. The molecule has 0 N–H and O–H groups in total. The van der Waals surface area contributed by atoms with Crippen molar-refractivity contribution in [1.29, 1.82) is 5.26 Å². The number of methoxy groups -OCH3 is 1. The molecule has 0 unspecified atom stereocenters. The normalized spacial score (nSPS) is 10.7. The number of nitrogens with zero attached hydrogens (tertiary/aromatic N) is 3. The van der Waals surface area contributed by atoms with E-state index in [-0.39, 0.29) is 23.3 Å². The van der Waals surface area contributed by atoms with Crippen molar-refractivity contribution in [2.45, 2.75) is 6.92 Å². The number of rotatable bonds is 4. The smallest absolute Gasteiger partial charge is 0.340 e. The third-order valence-corrected chi connectivity index (χ3v) is 4.81. The molecule has 1 aromatic carbocycles. The number of benzene rings is 1. The molecule has 0 fully saturated rings. The maximum absolute atomic E-state index is 13.1. The topological polar surface area (TPSA) is 94.2 Å². The average molecular weight is 399 g/mol. The van der Waals surface area contributed by atoms with E-state index in [4.69, 9.17) is 9.47 Å². The Balaban J connectivity index is 2.21. The summed E-state index contributed by atoms with van der Waals surface area (Å²) in [6.07, 6.45) is 0. The van der Waals surface area contributed by atoms with E-state index in [1.807, 2.05) is 6.07 Å². The van der Waals surface area contributed by atoms with Crippen LogP contribution in [0, 0.1) is 11.3 Å². The van der Waals surface area contributed by atoms with Crippen molar-refractivity contribution in [2.24, 2.45) is 0 Å². The summed E-state index contributed by atoms with van der Waals surface area (Å²) >= 11 is 0. The van der Waals surface area contributed by atoms with Crippen molar-refractivity contribution in [3.05, 3.63) is 76.1 Å². The SMILES string of the molecule is CCOC(=O)c1c2cccccc-2c2c(=O)c(C#N)nn(-c3ccc(OC)cc3)c12. The Kier molecular flexibility index (Phi) is 4.90. The number of fused-ring (bicyclic) bond motifs is 3. The highest BCUT2D eigenvalue weighted by molar-refractivity contribution is 6.17. The number of nitriles is 1. The zero-order valence-corrected chi connectivity index (χ0v) is 16.4. The minimum Gasteiger partial charge on any atom is -0.497 e. The standard InChI is InChI=1S/C23H17N3O4/c1-3-30-23(28)20-17-8-6-4-5-7-16(17)19-21(20)26(25-18(13-24)22(19)27)14-9-11-15(29-2)12-10-14/h4-12H,3H2,1-2H3. The molecule has 2 aliphatic carbocycles. The molecule has 148 valence electrons. The van der Waals surface area contributed by atoms with Crippen LogP contribution in [0.1, 0.15) is 23.0 Å². The molecular weight excluding hydrogens is 382 g/mol. The maximum atomic E-state index is 13.1. The Hall–Kier alpha value is -4.18. The number of carbonyl (C=O) groups is 1. The summed E-state index contributed by atoms with van der Waals surface area (Å²) < 4.78 is 11.9. The number of aromatic nitrogens is 2. The van der Waals surface area contributed by atoms with Crippen LogP contribution < -0.4 is 10.2 Å². The van der Waals surface area contributed by atoms with Crippen LogP contribution >= 0.6 is 0 Å². The highest BCUT2D eigenvalue weighted by Crippen LogP contribution is 2.38. The zero-order chi connectivity index (χ0) is 21.3. The Morgan fingerprint density at radius 2 is 1.80 bits per heavy atom. The van der Waals surface area contributed by atoms with Gasteiger partial charge in [0.15, 0.2) is 0 Å². The molecule has 30 heavy (non-hydrogen) atoms. The Morgan fingerprint density at radius 3 is 2.43 bits per heavy atom. The highest BCUT2D eigenvalue weighted by Gasteiger charge is 2.29. The number of ether oxygens (including phenoxy) is 2. The van der Waals surface area contributed by atoms with Gasteiger partial charge in [-0.3, -0.25) is 4.79 Å². The van der Waals surface area contributed by atoms with Crippen LogP contribution in [0.2, 0.25) is 0 Å². The van der Waals surface area contributed by atoms with Gasteiger partial charge in [-0.05, 0) is 42.3 Å². The first-order valence-electron chi connectivity index (χ1n) is 9.30. The molecule has 1 aromatic heterocycles. The Bertz CT molecular complexity index is 1330. The molecule has 0 spiro atoms. The largest absolute Gasteiger partial charge is 0.497 e. The second-order valence-corrected chi connectivity index (χ2v) is 6.46. The fraction of sp³-hybridized carbons (Fsp3) is 0.130. The summed E-state index contributed by atoms with van der Waals surface area (Å²) in [5, 5.41) is 14.0. The summed E-state index contributed by atoms with van der Waals surface area (Å²) in [4.78, 5) is 26.0. The van der Waals surface area contributed by atoms with Gasteiger partial charge in [-0.1, -0.05) is 30.3 Å². The molecule has 7 nitrogen and oxygen atoms in total. The van der Waals surface area contributed by atoms with Gasteiger partial charge in [-0.2, -0.15) is 10.4 Å². The van der Waals surface area contributed by atoms with Gasteiger partial charge in [-0.25, -0.2) is 9.48 Å². The quantitative estimate of drug-likeness (QED) is 0.487. The van der Waals surface area contributed by atoms with Gasteiger partial charge in [0.1, 0.15) is 11.8 Å². The number of hydrogen-bond acceptors (Lipinski definition) is 6. The Labute approximate surface area is 172 Å². The van der Waals surface area contributed by atoms with E-state index >= 15 is 0 Å². The fourth-order valence-corrected chi connectivity index (χ4v) is 3.51. The van der Waals surface area contributed by atoms with Crippen LogP contribution in [0.5, 0.6) is 5.75 Å². The second-order valence-electron chi connectivity index (χ2n) is 6.46. The van der Waals surface area contributed by atoms with Gasteiger partial charge in [0, 0.05) is 0 Å². The van der Waals surface area contributed by atoms with Crippen LogP contribution in [0.25, 0.3) is 27.7 Å². The van der Waals surface area contributed by atoms with Crippen LogP contribution in [-0.4, -0.2) is 29.5 Å². The summed E-state index contributed by atoms with van der Waals surface area (Å²) in [5.41, 5.74) is 1.46. The lowest BCUT2D eigenvalue weighted by Crippen LogP contribution is -2.17. The molecule has 7 heteroatoms. The molecule has 0 atom stereocenters. The van der Waals surface area contributed by atoms with Gasteiger partial charge in [0.05, 0.1) is 35.9 Å². The lowest BCUT2D eigenvalue weighted by molar-refractivity contribution is 0.0529. The minimum atomic E-state index is -0.558. The van der Waals surface area contributed by atoms with Crippen molar-refractivity contribution in [1.82, 2.24) is 9.78 Å². The predicted molar refractivity (Wildman–Crippen MR) is 111 cm³/mol. The minimum absolute atomic E-state index is 0.183. The molecule has 0 amide bonds. The molecule has 0 bridgehead atoms. The van der Waals surface area contributed by atoms with Crippen LogP contribution in [0.15, 0.2) is 59.4 Å². The number of esters is 1. The van der Waals surface area contributed by atoms with Crippen molar-refractivity contribution in [2.75, 3.05) is 13.7 Å². The van der Waals surface area contributed by atoms with E-state index in [2.05, 4.69) is 5.10 Å². The molecule has 0 saturated heterocycles. The highest BCUT2D eigenvalue weighted by atomic mass is 16.5. The fourth-order valence-electron chi connectivity index (χ4n) is 3.51. The third kappa shape index (κ3) is 2.95. The lowest BCUT2D eigenvalue weighted by atomic mass is 10.1. The number of carbonyl (C=O) groups excluding carboxylic acids is 1. The van der Waals surface area contributed by atoms with Gasteiger partial charge in [0.2, 0.25) is 11.1 Å². The monoisotopic (exact) mass is 399 g/mol. The second kappa shape index (κ2) is 7.68. The molecule has 4 rings (SSSR count). The van der Waals surface area contributed by atoms with E-state index in [1.54, 1.807) is 68.6 Å². The average Bonchev–Trinajstić information content (AvgIpc) is 2.91. The van der Waals surface area contributed by atoms with Crippen LogP contribution in [-0.2, 0) is 4.74 Å². The Morgan fingerprint density at radius 1 is 1.10 bits per heavy atom. The molecule has 0 aliphatic heterocycles. The van der Waals surface area contributed by atoms with Gasteiger partial charge >= 0.3 is 5.97 Å². The van der Waals surface area contributed by atoms with E-state index in [9.17, 15) is 14.9 Å². The number of hydrogen-bond donors (Lipinski definition) is 0. The molecule has 0 saturated carbocycles. The van der Waals surface area contributed by atoms with E-state index < -0.39 is 11.4 Å². The molecule has 2 aromatic rings. The van der Waals surface area contributed by atoms with E-state index in [0.717, 1.165) is 0 Å². The van der Waals surface area contributed by atoms with E-state index in [0.29, 0.717) is 28.1 Å². The van der Waals surface area contributed by atoms with Crippen molar-refractivity contribution < 1.29 is 14.3 Å². The van der Waals surface area contributed by atoms with Crippen molar-refractivity contribution >= 4 is 16.9 Å². The molecule has 2 aliphatic rings. The first-order chi connectivity index (χ1) is 14.6. The maximum Gasteiger partial charge on any atom is 0.340 e.